The lowest BCUT2D eigenvalue weighted by Gasteiger charge is -2.39. The third-order valence-electron chi connectivity index (χ3n) is 8.26. The van der Waals surface area contributed by atoms with Crippen molar-refractivity contribution in [1.29, 1.82) is 0 Å². The maximum Gasteiger partial charge on any atom is 0.270 e. The van der Waals surface area contributed by atoms with Crippen molar-refractivity contribution in [2.75, 3.05) is 13.1 Å². The molecule has 0 radical (unpaired) electrons. The number of likely N-dealkylation sites (tertiary alicyclic amines) is 2. The summed E-state index contributed by atoms with van der Waals surface area (Å²) in [5.74, 6) is -0.370. The van der Waals surface area contributed by atoms with Gasteiger partial charge in [-0.1, -0.05) is 45.0 Å². The fourth-order valence-electron chi connectivity index (χ4n) is 6.15. The number of pyridine rings is 1. The summed E-state index contributed by atoms with van der Waals surface area (Å²) in [5, 5.41) is 0.908. The van der Waals surface area contributed by atoms with Crippen LogP contribution in [0.1, 0.15) is 55.2 Å². The Kier molecular flexibility index (Phi) is 5.55. The molecule has 6 rings (SSSR count). The summed E-state index contributed by atoms with van der Waals surface area (Å²) < 4.78 is 0. The van der Waals surface area contributed by atoms with Crippen LogP contribution in [0.5, 0.6) is 0 Å². The normalized spacial score (nSPS) is 21.3. The summed E-state index contributed by atoms with van der Waals surface area (Å²) in [6, 6.07) is 13.7. The zero-order valence-electron chi connectivity index (χ0n) is 21.5. The van der Waals surface area contributed by atoms with Crippen molar-refractivity contribution in [2.24, 2.45) is 11.3 Å². The van der Waals surface area contributed by atoms with E-state index in [0.717, 1.165) is 28.5 Å². The molecule has 37 heavy (non-hydrogen) atoms. The number of carbonyl (C=O) groups excluding carboxylic acids is 3. The van der Waals surface area contributed by atoms with Crippen molar-refractivity contribution < 1.29 is 14.4 Å². The molecule has 3 aliphatic rings. The molecule has 2 aliphatic heterocycles. The van der Waals surface area contributed by atoms with E-state index in [1.165, 1.54) is 0 Å². The van der Waals surface area contributed by atoms with Gasteiger partial charge in [-0.3, -0.25) is 14.4 Å². The average molecular weight is 497 g/mol. The lowest BCUT2D eigenvalue weighted by atomic mass is 9.76. The second-order valence-corrected chi connectivity index (χ2v) is 11.7. The van der Waals surface area contributed by atoms with Crippen LogP contribution in [0.2, 0.25) is 0 Å². The molecular formula is C30H32N4O3. The number of hydrogen-bond acceptors (Lipinski definition) is 4. The van der Waals surface area contributed by atoms with Crippen LogP contribution in [0.3, 0.4) is 0 Å². The van der Waals surface area contributed by atoms with Gasteiger partial charge in [0.05, 0.1) is 18.0 Å². The Labute approximate surface area is 216 Å². The van der Waals surface area contributed by atoms with Crippen molar-refractivity contribution in [1.82, 2.24) is 19.8 Å². The third kappa shape index (κ3) is 4.16. The minimum Gasteiger partial charge on any atom is -0.336 e. The van der Waals surface area contributed by atoms with Crippen LogP contribution >= 0.6 is 0 Å². The third-order valence-corrected chi connectivity index (χ3v) is 8.26. The van der Waals surface area contributed by atoms with Gasteiger partial charge in [-0.2, -0.15) is 0 Å². The minimum atomic E-state index is -0.409. The summed E-state index contributed by atoms with van der Waals surface area (Å²) in [6.45, 7) is 7.14. The second-order valence-electron chi connectivity index (χ2n) is 11.7. The van der Waals surface area contributed by atoms with E-state index in [0.29, 0.717) is 30.9 Å². The quantitative estimate of drug-likeness (QED) is 0.572. The highest BCUT2D eigenvalue weighted by molar-refractivity contribution is 6.03. The molecule has 2 fully saturated rings. The lowest BCUT2D eigenvalue weighted by molar-refractivity contribution is -0.143. The molecule has 3 atom stereocenters. The van der Waals surface area contributed by atoms with E-state index >= 15 is 0 Å². The molecule has 7 nitrogen and oxygen atoms in total. The van der Waals surface area contributed by atoms with Crippen LogP contribution < -0.4 is 0 Å². The maximum atomic E-state index is 13.9. The summed E-state index contributed by atoms with van der Waals surface area (Å²) in [6.07, 6.45) is 5.30. The molecular weight excluding hydrogens is 464 g/mol. The van der Waals surface area contributed by atoms with E-state index in [1.54, 1.807) is 6.20 Å². The molecule has 4 heterocycles. The summed E-state index contributed by atoms with van der Waals surface area (Å²) in [7, 11) is 0. The van der Waals surface area contributed by atoms with Gasteiger partial charge >= 0.3 is 0 Å². The number of carbonyl (C=O) groups is 3. The predicted molar refractivity (Wildman–Crippen MR) is 142 cm³/mol. The molecule has 2 saturated heterocycles. The molecule has 190 valence electrons. The van der Waals surface area contributed by atoms with E-state index in [2.05, 4.69) is 16.0 Å². The Bertz CT molecular complexity index is 1410. The fraction of sp³-hybridized carbons (Fsp3) is 0.400. The van der Waals surface area contributed by atoms with Crippen molar-refractivity contribution in [2.45, 2.75) is 52.1 Å². The monoisotopic (exact) mass is 496 g/mol. The van der Waals surface area contributed by atoms with E-state index in [1.807, 2.05) is 73.0 Å². The fourth-order valence-corrected chi connectivity index (χ4v) is 6.15. The van der Waals surface area contributed by atoms with Gasteiger partial charge < -0.3 is 14.8 Å². The molecule has 2 bridgehead atoms. The molecule has 1 N–H and O–H groups in total. The Morgan fingerprint density at radius 1 is 1.05 bits per heavy atom. The van der Waals surface area contributed by atoms with Crippen LogP contribution in [0.25, 0.3) is 17.1 Å². The number of aromatic amines is 1. The number of rotatable bonds is 5. The number of piperazine rings is 1. The number of ketones is 1. The van der Waals surface area contributed by atoms with Crippen LogP contribution in [-0.4, -0.2) is 62.5 Å². The first-order valence-electron chi connectivity index (χ1n) is 13.1. The number of aromatic nitrogens is 2. The number of Topliss-reactive ketones (excluding diaryl/α,β-unsaturated/α-hetero) is 1. The first-order valence-corrected chi connectivity index (χ1v) is 13.1. The molecule has 2 aromatic heterocycles. The zero-order valence-corrected chi connectivity index (χ0v) is 21.5. The number of nitrogens with one attached hydrogen (secondary N) is 1. The van der Waals surface area contributed by atoms with E-state index in [9.17, 15) is 14.4 Å². The summed E-state index contributed by atoms with van der Waals surface area (Å²) in [4.78, 5) is 51.7. The Balaban J connectivity index is 1.14. The van der Waals surface area contributed by atoms with Crippen LogP contribution in [0.4, 0.5) is 0 Å². The van der Waals surface area contributed by atoms with Crippen LogP contribution in [0.15, 0.2) is 54.2 Å². The van der Waals surface area contributed by atoms with Crippen molar-refractivity contribution in [3.8, 4) is 0 Å². The topological polar surface area (TPSA) is 86.4 Å². The first kappa shape index (κ1) is 23.6. The highest BCUT2D eigenvalue weighted by atomic mass is 16.2. The average Bonchev–Trinajstić information content (AvgIpc) is 3.66. The Hall–Kier alpha value is -3.74. The molecule has 0 spiro atoms. The predicted octanol–water partition coefficient (Wildman–Crippen LogP) is 4.25. The van der Waals surface area contributed by atoms with Crippen molar-refractivity contribution in [3.05, 3.63) is 71.1 Å². The van der Waals surface area contributed by atoms with E-state index < -0.39 is 5.92 Å². The molecule has 0 unspecified atom stereocenters. The SMILES string of the molecule is CC(C)(C)[C@H](CC(=O)C1=Cc2ccccc2C1)C(=O)N1C[C@@H]2C[C@H]1CN2C(=O)c1cc2cccnc2[nH]1. The van der Waals surface area contributed by atoms with Gasteiger partial charge in [-0.05, 0) is 47.2 Å². The van der Waals surface area contributed by atoms with Gasteiger partial charge in [0.1, 0.15) is 11.3 Å². The van der Waals surface area contributed by atoms with E-state index in [4.69, 9.17) is 0 Å². The lowest BCUT2D eigenvalue weighted by Crippen LogP contribution is -2.53. The second kappa shape index (κ2) is 8.68. The number of fused-ring (bicyclic) bond motifs is 4. The number of benzene rings is 1. The highest BCUT2D eigenvalue weighted by Crippen LogP contribution is 2.38. The molecule has 1 aromatic carbocycles. The van der Waals surface area contributed by atoms with Gasteiger partial charge in [-0.25, -0.2) is 4.98 Å². The van der Waals surface area contributed by atoms with Gasteiger partial charge in [0.25, 0.3) is 5.91 Å². The van der Waals surface area contributed by atoms with Gasteiger partial charge in [0.15, 0.2) is 5.78 Å². The van der Waals surface area contributed by atoms with Gasteiger partial charge in [-0.15, -0.1) is 0 Å². The molecule has 3 aromatic rings. The molecule has 0 saturated carbocycles. The number of amides is 2. The molecule has 2 amide bonds. The summed E-state index contributed by atoms with van der Waals surface area (Å²) >= 11 is 0. The Morgan fingerprint density at radius 3 is 2.51 bits per heavy atom. The maximum absolute atomic E-state index is 13.9. The van der Waals surface area contributed by atoms with Crippen LogP contribution in [-0.2, 0) is 16.0 Å². The molecule has 7 heteroatoms. The minimum absolute atomic E-state index is 0.0100. The largest absolute Gasteiger partial charge is 0.336 e. The number of nitrogens with zero attached hydrogens (tertiary/aromatic N) is 3. The highest BCUT2D eigenvalue weighted by Gasteiger charge is 2.50. The zero-order chi connectivity index (χ0) is 25.9. The first-order chi connectivity index (χ1) is 17.7. The van der Waals surface area contributed by atoms with Gasteiger partial charge in [0, 0.05) is 43.1 Å². The van der Waals surface area contributed by atoms with E-state index in [-0.39, 0.29) is 41.5 Å². The summed E-state index contributed by atoms with van der Waals surface area (Å²) in [5.41, 5.74) is 3.92. The number of allylic oxidation sites excluding steroid dienone is 1. The number of hydrogen-bond donors (Lipinski definition) is 1. The number of H-pyrrole nitrogens is 1. The molecule has 1 aliphatic carbocycles. The van der Waals surface area contributed by atoms with Gasteiger partial charge in [0.2, 0.25) is 5.91 Å². The smallest absolute Gasteiger partial charge is 0.270 e. The Morgan fingerprint density at radius 2 is 1.81 bits per heavy atom. The standard InChI is InChI=1S/C30H32N4O3/c1-30(2,3)24(15-26(35)21-11-18-7-4-5-8-19(18)12-21)28(36)33-16-23-14-22(33)17-34(23)29(37)25-13-20-9-6-10-31-27(20)32-25/h4-11,13,22-24H,12,14-17H2,1-3H3,(H,31,32)/t22-,23-,24+/m0/s1. The van der Waals surface area contributed by atoms with Crippen LogP contribution in [0, 0.1) is 11.3 Å². The van der Waals surface area contributed by atoms with Crippen molar-refractivity contribution in [3.63, 3.8) is 0 Å². The van der Waals surface area contributed by atoms with Crippen molar-refractivity contribution >= 4 is 34.7 Å².